The average molecular weight is 152 g/mol. The van der Waals surface area contributed by atoms with Crippen LogP contribution in [0.25, 0.3) is 0 Å². The highest BCUT2D eigenvalue weighted by molar-refractivity contribution is 5.96. The van der Waals surface area contributed by atoms with Crippen molar-refractivity contribution in [2.75, 3.05) is 13.1 Å². The van der Waals surface area contributed by atoms with Gasteiger partial charge in [-0.05, 0) is 38.8 Å². The Bertz CT molecular complexity index is 180. The molecule has 0 fully saturated rings. The van der Waals surface area contributed by atoms with Crippen molar-refractivity contribution in [2.45, 2.75) is 26.2 Å². The summed E-state index contributed by atoms with van der Waals surface area (Å²) in [7, 11) is 0. The monoisotopic (exact) mass is 152 g/mol. The molecule has 2 nitrogen and oxygen atoms in total. The van der Waals surface area contributed by atoms with Crippen LogP contribution in [0, 0.1) is 0 Å². The third kappa shape index (κ3) is 2.85. The minimum absolute atomic E-state index is 0.746. The minimum Gasteiger partial charge on any atom is -0.330 e. The van der Waals surface area contributed by atoms with Crippen LogP contribution in [0.4, 0.5) is 0 Å². The Morgan fingerprint density at radius 2 is 2.55 bits per heavy atom. The van der Waals surface area contributed by atoms with Crippen LogP contribution in [0.2, 0.25) is 0 Å². The Kier molecular flexibility index (Phi) is 3.30. The van der Waals surface area contributed by atoms with E-state index in [2.05, 4.69) is 18.0 Å². The van der Waals surface area contributed by atoms with Gasteiger partial charge in [-0.3, -0.25) is 4.99 Å². The maximum atomic E-state index is 5.42. The summed E-state index contributed by atoms with van der Waals surface area (Å²) in [5.41, 5.74) is 8.04. The summed E-state index contributed by atoms with van der Waals surface area (Å²) in [5.74, 6) is 0. The van der Waals surface area contributed by atoms with Crippen molar-refractivity contribution >= 4 is 5.71 Å². The Labute approximate surface area is 68.2 Å². The predicted molar refractivity (Wildman–Crippen MR) is 49.0 cm³/mol. The standard InChI is InChI=1S/C9H16N2/c1-8(4-5-10)7-9-3-2-6-11-9/h7H,2-6,10H2,1H3. The predicted octanol–water partition coefficient (Wildman–Crippen LogP) is 1.52. The van der Waals surface area contributed by atoms with Crippen LogP contribution in [0.1, 0.15) is 26.2 Å². The number of hydrogen-bond donors (Lipinski definition) is 1. The number of rotatable bonds is 3. The lowest BCUT2D eigenvalue weighted by atomic mass is 10.1. The molecule has 0 aromatic heterocycles. The van der Waals surface area contributed by atoms with E-state index in [-0.39, 0.29) is 0 Å². The highest BCUT2D eigenvalue weighted by Gasteiger charge is 2.02. The molecule has 0 saturated carbocycles. The maximum Gasteiger partial charge on any atom is 0.0396 e. The molecular formula is C9H16N2. The van der Waals surface area contributed by atoms with Gasteiger partial charge in [-0.1, -0.05) is 5.57 Å². The van der Waals surface area contributed by atoms with E-state index < -0.39 is 0 Å². The first-order valence-corrected chi connectivity index (χ1v) is 4.23. The number of allylic oxidation sites excluding steroid dienone is 1. The molecule has 0 bridgehead atoms. The molecule has 0 radical (unpaired) electrons. The molecule has 0 atom stereocenters. The molecule has 0 amide bonds. The van der Waals surface area contributed by atoms with E-state index in [1.807, 2.05) is 0 Å². The van der Waals surface area contributed by atoms with E-state index in [1.165, 1.54) is 17.7 Å². The van der Waals surface area contributed by atoms with E-state index in [9.17, 15) is 0 Å². The van der Waals surface area contributed by atoms with Crippen molar-refractivity contribution in [3.63, 3.8) is 0 Å². The van der Waals surface area contributed by atoms with Crippen molar-refractivity contribution in [3.8, 4) is 0 Å². The molecule has 0 spiro atoms. The van der Waals surface area contributed by atoms with Gasteiger partial charge >= 0.3 is 0 Å². The van der Waals surface area contributed by atoms with Crippen LogP contribution in [0.5, 0.6) is 0 Å². The zero-order valence-electron chi connectivity index (χ0n) is 7.14. The van der Waals surface area contributed by atoms with Gasteiger partial charge in [0.2, 0.25) is 0 Å². The van der Waals surface area contributed by atoms with Gasteiger partial charge in [-0.25, -0.2) is 0 Å². The minimum atomic E-state index is 0.746. The smallest absolute Gasteiger partial charge is 0.0396 e. The average Bonchev–Trinajstić information content (AvgIpc) is 2.40. The summed E-state index contributed by atoms with van der Waals surface area (Å²) in [5, 5.41) is 0. The summed E-state index contributed by atoms with van der Waals surface area (Å²) in [6, 6.07) is 0. The highest BCUT2D eigenvalue weighted by Crippen LogP contribution is 2.08. The highest BCUT2D eigenvalue weighted by atomic mass is 14.8. The van der Waals surface area contributed by atoms with Gasteiger partial charge < -0.3 is 5.73 Å². The van der Waals surface area contributed by atoms with Crippen molar-refractivity contribution < 1.29 is 0 Å². The van der Waals surface area contributed by atoms with Gasteiger partial charge in [0.05, 0.1) is 0 Å². The Morgan fingerprint density at radius 3 is 3.09 bits per heavy atom. The maximum absolute atomic E-state index is 5.42. The van der Waals surface area contributed by atoms with Crippen LogP contribution in [0.15, 0.2) is 16.6 Å². The van der Waals surface area contributed by atoms with Crippen LogP contribution >= 0.6 is 0 Å². The fraction of sp³-hybridized carbons (Fsp3) is 0.667. The van der Waals surface area contributed by atoms with E-state index >= 15 is 0 Å². The third-order valence-electron chi connectivity index (χ3n) is 1.86. The van der Waals surface area contributed by atoms with Gasteiger partial charge in [0, 0.05) is 12.3 Å². The number of aliphatic imine (C=N–C) groups is 1. The summed E-state index contributed by atoms with van der Waals surface area (Å²) < 4.78 is 0. The normalized spacial score (nSPS) is 18.7. The van der Waals surface area contributed by atoms with E-state index in [0.29, 0.717) is 0 Å². The number of nitrogens with zero attached hydrogens (tertiary/aromatic N) is 1. The lowest BCUT2D eigenvalue weighted by molar-refractivity contribution is 0.946. The molecule has 1 heterocycles. The third-order valence-corrected chi connectivity index (χ3v) is 1.86. The number of hydrogen-bond acceptors (Lipinski definition) is 2. The van der Waals surface area contributed by atoms with E-state index in [0.717, 1.165) is 25.9 Å². The summed E-state index contributed by atoms with van der Waals surface area (Å²) in [6.07, 6.45) is 5.56. The van der Waals surface area contributed by atoms with Gasteiger partial charge in [0.25, 0.3) is 0 Å². The van der Waals surface area contributed by atoms with Gasteiger partial charge in [-0.15, -0.1) is 0 Å². The fourth-order valence-corrected chi connectivity index (χ4v) is 1.26. The van der Waals surface area contributed by atoms with E-state index in [4.69, 9.17) is 5.73 Å². The van der Waals surface area contributed by atoms with E-state index in [1.54, 1.807) is 0 Å². The van der Waals surface area contributed by atoms with Crippen molar-refractivity contribution in [1.82, 2.24) is 0 Å². The molecule has 1 rings (SSSR count). The topological polar surface area (TPSA) is 38.4 Å². The van der Waals surface area contributed by atoms with Crippen molar-refractivity contribution in [2.24, 2.45) is 10.7 Å². The lowest BCUT2D eigenvalue weighted by Crippen LogP contribution is -1.99. The molecule has 0 unspecified atom stereocenters. The molecule has 0 aromatic carbocycles. The Balaban J connectivity index is 2.42. The Hall–Kier alpha value is -0.630. The zero-order valence-corrected chi connectivity index (χ0v) is 7.14. The molecule has 0 aromatic rings. The molecule has 0 aliphatic carbocycles. The molecule has 1 aliphatic rings. The molecular weight excluding hydrogens is 136 g/mol. The van der Waals surface area contributed by atoms with Crippen molar-refractivity contribution in [3.05, 3.63) is 11.6 Å². The fourth-order valence-electron chi connectivity index (χ4n) is 1.26. The summed E-state index contributed by atoms with van der Waals surface area (Å²) >= 11 is 0. The van der Waals surface area contributed by atoms with Crippen molar-refractivity contribution in [1.29, 1.82) is 0 Å². The zero-order chi connectivity index (χ0) is 8.10. The van der Waals surface area contributed by atoms with Gasteiger partial charge in [-0.2, -0.15) is 0 Å². The summed E-state index contributed by atoms with van der Waals surface area (Å²) in [4.78, 5) is 4.36. The van der Waals surface area contributed by atoms with Crippen LogP contribution in [-0.2, 0) is 0 Å². The number of nitrogens with two attached hydrogens (primary N) is 1. The quantitative estimate of drug-likeness (QED) is 0.654. The molecule has 1 aliphatic heterocycles. The molecule has 62 valence electrons. The van der Waals surface area contributed by atoms with Crippen LogP contribution in [0.3, 0.4) is 0 Å². The molecule has 2 N–H and O–H groups in total. The second kappa shape index (κ2) is 4.29. The lowest BCUT2D eigenvalue weighted by Gasteiger charge is -1.96. The SMILES string of the molecule is CC(=CC1=NCCC1)CCN. The van der Waals surface area contributed by atoms with Gasteiger partial charge in [0.1, 0.15) is 0 Å². The second-order valence-electron chi connectivity index (χ2n) is 3.01. The first-order valence-electron chi connectivity index (χ1n) is 4.23. The summed E-state index contributed by atoms with van der Waals surface area (Å²) in [6.45, 7) is 3.88. The molecule has 2 heteroatoms. The Morgan fingerprint density at radius 1 is 1.73 bits per heavy atom. The first kappa shape index (κ1) is 8.47. The molecule has 0 saturated heterocycles. The van der Waals surface area contributed by atoms with Crippen LogP contribution < -0.4 is 5.73 Å². The second-order valence-corrected chi connectivity index (χ2v) is 3.01. The molecule has 11 heavy (non-hydrogen) atoms. The largest absolute Gasteiger partial charge is 0.330 e. The van der Waals surface area contributed by atoms with Crippen LogP contribution in [-0.4, -0.2) is 18.8 Å². The first-order chi connectivity index (χ1) is 5.33. The van der Waals surface area contributed by atoms with Gasteiger partial charge in [0.15, 0.2) is 0 Å².